The first-order chi connectivity index (χ1) is 15.8. The van der Waals surface area contributed by atoms with Crippen molar-refractivity contribution in [3.05, 3.63) is 71.2 Å². The molecule has 4 rings (SSSR count). The summed E-state index contributed by atoms with van der Waals surface area (Å²) < 4.78 is 35.0. The lowest BCUT2D eigenvalue weighted by Gasteiger charge is -2.23. The van der Waals surface area contributed by atoms with Crippen LogP contribution in [0.15, 0.2) is 42.7 Å². The van der Waals surface area contributed by atoms with E-state index in [9.17, 15) is 18.4 Å². The monoisotopic (exact) mass is 452 g/mol. The molecule has 0 aliphatic carbocycles. The number of likely N-dealkylation sites (N-methyl/N-ethyl adjacent to an activating group) is 1. The fraction of sp³-hybridized carbons (Fsp3) is 0.227. The summed E-state index contributed by atoms with van der Waals surface area (Å²) in [6.07, 6.45) is 1.72. The van der Waals surface area contributed by atoms with E-state index in [0.29, 0.717) is 17.1 Å². The zero-order chi connectivity index (χ0) is 23.7. The molecule has 3 heterocycles. The van der Waals surface area contributed by atoms with Gasteiger partial charge >= 0.3 is 0 Å². The van der Waals surface area contributed by atoms with Crippen LogP contribution in [0, 0.1) is 23.0 Å². The molecule has 1 N–H and O–H groups in total. The second kappa shape index (κ2) is 8.66. The molecule has 168 valence electrons. The van der Waals surface area contributed by atoms with Gasteiger partial charge in [-0.05, 0) is 42.8 Å². The van der Waals surface area contributed by atoms with E-state index >= 15 is 0 Å². The molecule has 0 spiro atoms. The number of nitrogens with zero attached hydrogens (tertiary/aromatic N) is 5. The average molecular weight is 452 g/mol. The number of benzene rings is 1. The Morgan fingerprint density at radius 2 is 2.12 bits per heavy atom. The lowest BCUT2D eigenvalue weighted by Crippen LogP contribution is -2.53. The molecular formula is C22H18F2N6O3. The third kappa shape index (κ3) is 4.36. The molecule has 0 bridgehead atoms. The molecule has 2 atom stereocenters. The molecule has 33 heavy (non-hydrogen) atoms. The fourth-order valence-electron chi connectivity index (χ4n) is 3.52. The number of pyridine rings is 1. The Hall–Kier alpha value is -4.33. The highest BCUT2D eigenvalue weighted by Gasteiger charge is 2.37. The number of carbonyl (C=O) groups is 2. The first-order valence-corrected chi connectivity index (χ1v) is 9.89. The minimum atomic E-state index is -1.12. The van der Waals surface area contributed by atoms with Gasteiger partial charge in [0.2, 0.25) is 0 Å². The molecule has 0 radical (unpaired) electrons. The largest absolute Gasteiger partial charge is 0.484 e. The summed E-state index contributed by atoms with van der Waals surface area (Å²) in [6.45, 7) is 1.53. The average Bonchev–Trinajstić information content (AvgIpc) is 3.12. The van der Waals surface area contributed by atoms with Crippen molar-refractivity contribution in [2.75, 3.05) is 11.9 Å². The molecule has 2 aromatic heterocycles. The highest BCUT2D eigenvalue weighted by Crippen LogP contribution is 2.29. The number of anilines is 1. The van der Waals surface area contributed by atoms with Gasteiger partial charge in [0, 0.05) is 13.2 Å². The number of ether oxygens (including phenoxy) is 1. The standard InChI is InChI=1S/C22H18F2N6O3/c1-12-18(22(32)29(2)20-17(33-12)4-3-5-26-20)27-21(31)19-16(24)11-30(28-19)10-14-6-13(9-25)7-15(23)8-14/h3-8,11-12,18H,10H2,1-2H3,(H,27,31)/t12-,18+/m1/s1. The van der Waals surface area contributed by atoms with Crippen molar-refractivity contribution in [1.29, 1.82) is 5.26 Å². The first kappa shape index (κ1) is 21.9. The number of hydrogen-bond acceptors (Lipinski definition) is 6. The number of aromatic nitrogens is 3. The second-order valence-corrected chi connectivity index (χ2v) is 7.48. The lowest BCUT2D eigenvalue weighted by atomic mass is 10.1. The van der Waals surface area contributed by atoms with Crippen molar-refractivity contribution in [3.63, 3.8) is 0 Å². The summed E-state index contributed by atoms with van der Waals surface area (Å²) in [5.74, 6) is -2.26. The normalized spacial score (nSPS) is 17.5. The predicted molar refractivity (Wildman–Crippen MR) is 111 cm³/mol. The minimum Gasteiger partial charge on any atom is -0.484 e. The molecule has 0 unspecified atom stereocenters. The van der Waals surface area contributed by atoms with Gasteiger partial charge in [0.15, 0.2) is 23.1 Å². The quantitative estimate of drug-likeness (QED) is 0.648. The number of nitriles is 1. The number of halogens is 2. The topological polar surface area (TPSA) is 113 Å². The number of carbonyl (C=O) groups excluding carboxylic acids is 2. The summed E-state index contributed by atoms with van der Waals surface area (Å²) in [5, 5.41) is 15.4. The Morgan fingerprint density at radius 1 is 1.33 bits per heavy atom. The van der Waals surface area contributed by atoms with Crippen molar-refractivity contribution in [3.8, 4) is 11.8 Å². The van der Waals surface area contributed by atoms with Gasteiger partial charge in [-0.3, -0.25) is 19.2 Å². The molecule has 2 amide bonds. The van der Waals surface area contributed by atoms with Gasteiger partial charge in [-0.15, -0.1) is 0 Å². The van der Waals surface area contributed by atoms with Crippen molar-refractivity contribution >= 4 is 17.6 Å². The maximum atomic E-state index is 14.5. The Kier molecular flexibility index (Phi) is 5.74. The minimum absolute atomic E-state index is 0.0672. The van der Waals surface area contributed by atoms with E-state index in [2.05, 4.69) is 15.4 Å². The summed E-state index contributed by atoms with van der Waals surface area (Å²) in [5.41, 5.74) is -0.0561. The predicted octanol–water partition coefficient (Wildman–Crippen LogP) is 2.02. The molecule has 11 heteroatoms. The van der Waals surface area contributed by atoms with Crippen LogP contribution in [0.3, 0.4) is 0 Å². The van der Waals surface area contributed by atoms with E-state index in [1.807, 2.05) is 6.07 Å². The van der Waals surface area contributed by atoms with Gasteiger partial charge in [-0.2, -0.15) is 10.4 Å². The van der Waals surface area contributed by atoms with Crippen LogP contribution in [0.1, 0.15) is 28.5 Å². The molecular weight excluding hydrogens is 434 g/mol. The Morgan fingerprint density at radius 3 is 2.88 bits per heavy atom. The van der Waals surface area contributed by atoms with E-state index in [0.717, 1.165) is 16.9 Å². The lowest BCUT2D eigenvalue weighted by molar-refractivity contribution is -0.121. The van der Waals surface area contributed by atoms with Crippen molar-refractivity contribution in [1.82, 2.24) is 20.1 Å². The van der Waals surface area contributed by atoms with Crippen LogP contribution in [0.4, 0.5) is 14.6 Å². The van der Waals surface area contributed by atoms with Crippen molar-refractivity contribution in [2.45, 2.75) is 25.6 Å². The first-order valence-electron chi connectivity index (χ1n) is 9.89. The number of nitrogens with one attached hydrogen (secondary N) is 1. The third-order valence-corrected chi connectivity index (χ3v) is 5.10. The van der Waals surface area contributed by atoms with Crippen LogP contribution in [0.5, 0.6) is 5.75 Å². The highest BCUT2D eigenvalue weighted by molar-refractivity contribution is 6.02. The number of hydrogen-bond donors (Lipinski definition) is 1. The van der Waals surface area contributed by atoms with Crippen LogP contribution in [-0.2, 0) is 11.3 Å². The molecule has 0 saturated heterocycles. The van der Waals surface area contributed by atoms with E-state index in [4.69, 9.17) is 10.00 Å². The summed E-state index contributed by atoms with van der Waals surface area (Å²) in [4.78, 5) is 31.1. The van der Waals surface area contributed by atoms with Crippen LogP contribution in [-0.4, -0.2) is 45.8 Å². The SMILES string of the molecule is C[C@H]1Oc2cccnc2N(C)C(=O)[C@H]1NC(=O)c1nn(Cc2cc(F)cc(C#N)c2)cc1F. The summed E-state index contributed by atoms with van der Waals surface area (Å²) in [7, 11) is 1.50. The smallest absolute Gasteiger partial charge is 0.275 e. The molecule has 0 saturated carbocycles. The van der Waals surface area contributed by atoms with Crippen LogP contribution >= 0.6 is 0 Å². The van der Waals surface area contributed by atoms with Crippen molar-refractivity contribution < 1.29 is 23.1 Å². The molecule has 1 aromatic carbocycles. The van der Waals surface area contributed by atoms with E-state index in [1.54, 1.807) is 19.1 Å². The highest BCUT2D eigenvalue weighted by atomic mass is 19.1. The van der Waals surface area contributed by atoms with Crippen LogP contribution < -0.4 is 15.0 Å². The van der Waals surface area contributed by atoms with Crippen LogP contribution in [0.2, 0.25) is 0 Å². The van der Waals surface area contributed by atoms with Crippen LogP contribution in [0.25, 0.3) is 0 Å². The molecule has 9 nitrogen and oxygen atoms in total. The third-order valence-electron chi connectivity index (χ3n) is 5.10. The maximum Gasteiger partial charge on any atom is 0.275 e. The molecule has 1 aliphatic rings. The zero-order valence-electron chi connectivity index (χ0n) is 17.6. The Balaban J connectivity index is 1.53. The van der Waals surface area contributed by atoms with Gasteiger partial charge < -0.3 is 10.1 Å². The molecule has 1 aliphatic heterocycles. The van der Waals surface area contributed by atoms with E-state index in [1.165, 1.54) is 30.3 Å². The van der Waals surface area contributed by atoms with Gasteiger partial charge in [0.25, 0.3) is 11.8 Å². The summed E-state index contributed by atoms with van der Waals surface area (Å²) in [6, 6.07) is 7.72. The number of amides is 2. The van der Waals surface area contributed by atoms with E-state index in [-0.39, 0.29) is 12.1 Å². The van der Waals surface area contributed by atoms with Crippen molar-refractivity contribution in [2.24, 2.45) is 0 Å². The van der Waals surface area contributed by atoms with Gasteiger partial charge in [-0.1, -0.05) is 0 Å². The maximum absolute atomic E-state index is 14.5. The van der Waals surface area contributed by atoms with Gasteiger partial charge in [-0.25, -0.2) is 13.8 Å². The Bertz CT molecular complexity index is 1290. The Labute approximate surface area is 187 Å². The fourth-order valence-corrected chi connectivity index (χ4v) is 3.52. The van der Waals surface area contributed by atoms with Gasteiger partial charge in [0.05, 0.1) is 24.4 Å². The van der Waals surface area contributed by atoms with Gasteiger partial charge in [0.1, 0.15) is 18.0 Å². The zero-order valence-corrected chi connectivity index (χ0v) is 17.6. The number of fused-ring (bicyclic) bond motifs is 1. The van der Waals surface area contributed by atoms with E-state index < -0.39 is 41.3 Å². The molecule has 3 aromatic rings. The second-order valence-electron chi connectivity index (χ2n) is 7.48. The number of rotatable bonds is 4. The summed E-state index contributed by atoms with van der Waals surface area (Å²) >= 11 is 0. The molecule has 0 fully saturated rings.